The number of nitrogens with one attached hydrogen (secondary N) is 1. The smallest absolute Gasteiger partial charge is 0.259 e. The lowest BCUT2D eigenvalue weighted by Gasteiger charge is -2.07. The van der Waals surface area contributed by atoms with Crippen molar-refractivity contribution in [3.63, 3.8) is 0 Å². The first kappa shape index (κ1) is 12.7. The van der Waals surface area contributed by atoms with Crippen LogP contribution in [0.3, 0.4) is 0 Å². The van der Waals surface area contributed by atoms with Crippen molar-refractivity contribution in [2.24, 2.45) is 0 Å². The molecule has 0 saturated carbocycles. The van der Waals surface area contributed by atoms with Gasteiger partial charge >= 0.3 is 0 Å². The molecule has 0 aliphatic rings. The van der Waals surface area contributed by atoms with Gasteiger partial charge in [0.05, 0.1) is 25.8 Å². The monoisotopic (exact) mass is 260 g/mol. The van der Waals surface area contributed by atoms with E-state index in [4.69, 9.17) is 9.47 Å². The van der Waals surface area contributed by atoms with Gasteiger partial charge in [0.1, 0.15) is 0 Å². The second-order valence-electron chi connectivity index (χ2n) is 3.47. The Bertz CT molecular complexity index is 552. The molecule has 0 bridgehead atoms. The minimum absolute atomic E-state index is 0.102. The Morgan fingerprint density at radius 1 is 1.21 bits per heavy atom. The number of rotatable bonds is 4. The van der Waals surface area contributed by atoms with Crippen molar-refractivity contribution in [3.05, 3.63) is 36.2 Å². The number of carbonyl (C=O) groups is 1. The number of nitrogens with zero attached hydrogens (tertiary/aromatic N) is 3. The Labute approximate surface area is 109 Å². The van der Waals surface area contributed by atoms with Crippen LogP contribution in [-0.4, -0.2) is 35.1 Å². The summed E-state index contributed by atoms with van der Waals surface area (Å²) in [5.74, 6) is 0.343. The molecule has 2 aromatic rings. The van der Waals surface area contributed by atoms with Gasteiger partial charge in [-0.1, -0.05) is 0 Å². The molecule has 2 heterocycles. The fourth-order valence-electron chi connectivity index (χ4n) is 1.34. The molecule has 0 fully saturated rings. The number of amides is 1. The molecule has 7 heteroatoms. The van der Waals surface area contributed by atoms with Gasteiger partial charge in [-0.15, -0.1) is 0 Å². The van der Waals surface area contributed by atoms with Gasteiger partial charge in [-0.05, 0) is 12.1 Å². The van der Waals surface area contributed by atoms with Crippen LogP contribution in [0.25, 0.3) is 0 Å². The highest BCUT2D eigenvalue weighted by molar-refractivity contribution is 6.03. The van der Waals surface area contributed by atoms with Crippen molar-refractivity contribution < 1.29 is 14.3 Å². The summed E-state index contributed by atoms with van der Waals surface area (Å²) in [6.45, 7) is 0. The van der Waals surface area contributed by atoms with Crippen LogP contribution in [-0.2, 0) is 0 Å². The molecular weight excluding hydrogens is 248 g/mol. The summed E-state index contributed by atoms with van der Waals surface area (Å²) in [7, 11) is 2.93. The molecule has 0 aliphatic carbocycles. The normalized spacial score (nSPS) is 9.79. The molecule has 0 aromatic carbocycles. The van der Waals surface area contributed by atoms with Crippen molar-refractivity contribution in [1.82, 2.24) is 15.0 Å². The number of hydrogen-bond acceptors (Lipinski definition) is 6. The maximum atomic E-state index is 11.9. The molecule has 2 aromatic heterocycles. The van der Waals surface area contributed by atoms with Crippen LogP contribution in [0.15, 0.2) is 30.6 Å². The number of anilines is 1. The molecule has 98 valence electrons. The van der Waals surface area contributed by atoms with Crippen molar-refractivity contribution in [2.45, 2.75) is 0 Å². The summed E-state index contributed by atoms with van der Waals surface area (Å²) in [4.78, 5) is 23.8. The van der Waals surface area contributed by atoms with E-state index in [2.05, 4.69) is 20.3 Å². The van der Waals surface area contributed by atoms with Crippen LogP contribution in [0.2, 0.25) is 0 Å². The average Bonchev–Trinajstić information content (AvgIpc) is 2.47. The van der Waals surface area contributed by atoms with Crippen LogP contribution in [0, 0.1) is 0 Å². The third kappa shape index (κ3) is 3.15. The first-order valence-electron chi connectivity index (χ1n) is 5.41. The number of carbonyl (C=O) groups excluding carboxylic acids is 1. The standard InChI is InChI=1S/C12H12N4O3/c1-18-9-6-10(19-2)15-12(14-9)16-11(17)8-4-3-5-13-7-8/h3-7H,1-2H3,(H,14,15,16,17). The molecule has 0 spiro atoms. The molecule has 1 amide bonds. The zero-order valence-corrected chi connectivity index (χ0v) is 10.5. The zero-order valence-electron chi connectivity index (χ0n) is 10.5. The second-order valence-corrected chi connectivity index (χ2v) is 3.47. The predicted octanol–water partition coefficient (Wildman–Crippen LogP) is 1.14. The molecule has 1 N–H and O–H groups in total. The largest absolute Gasteiger partial charge is 0.481 e. The summed E-state index contributed by atoms with van der Waals surface area (Å²) in [5.41, 5.74) is 0.410. The van der Waals surface area contributed by atoms with Crippen LogP contribution in [0.5, 0.6) is 11.8 Å². The lowest BCUT2D eigenvalue weighted by Crippen LogP contribution is -2.14. The topological polar surface area (TPSA) is 86.2 Å². The van der Waals surface area contributed by atoms with E-state index in [1.54, 1.807) is 18.3 Å². The van der Waals surface area contributed by atoms with E-state index < -0.39 is 0 Å². The SMILES string of the molecule is COc1cc(OC)nc(NC(=O)c2cccnc2)n1. The summed E-state index contributed by atoms with van der Waals surface area (Å²) < 4.78 is 9.98. The minimum Gasteiger partial charge on any atom is -0.481 e. The summed E-state index contributed by atoms with van der Waals surface area (Å²) in [5, 5.41) is 2.55. The zero-order chi connectivity index (χ0) is 13.7. The van der Waals surface area contributed by atoms with Gasteiger partial charge in [0, 0.05) is 12.4 Å². The Morgan fingerprint density at radius 3 is 2.42 bits per heavy atom. The molecule has 0 atom stereocenters. The fourth-order valence-corrected chi connectivity index (χ4v) is 1.34. The Kier molecular flexibility index (Phi) is 3.87. The maximum Gasteiger partial charge on any atom is 0.259 e. The minimum atomic E-state index is -0.358. The molecule has 0 radical (unpaired) electrons. The molecule has 0 saturated heterocycles. The van der Waals surface area contributed by atoms with E-state index in [0.717, 1.165) is 0 Å². The van der Waals surface area contributed by atoms with Gasteiger partial charge in [-0.3, -0.25) is 15.1 Å². The van der Waals surface area contributed by atoms with E-state index >= 15 is 0 Å². The third-order valence-corrected chi connectivity index (χ3v) is 2.25. The summed E-state index contributed by atoms with van der Waals surface area (Å²) >= 11 is 0. The lowest BCUT2D eigenvalue weighted by molar-refractivity contribution is 0.102. The number of methoxy groups -OCH3 is 2. The van der Waals surface area contributed by atoms with Gasteiger partial charge in [0.25, 0.3) is 5.91 Å². The first-order chi connectivity index (χ1) is 9.22. The van der Waals surface area contributed by atoms with Gasteiger partial charge in [-0.25, -0.2) is 0 Å². The number of hydrogen-bond donors (Lipinski definition) is 1. The fraction of sp³-hybridized carbons (Fsp3) is 0.167. The van der Waals surface area contributed by atoms with Crippen LogP contribution in [0.1, 0.15) is 10.4 Å². The first-order valence-corrected chi connectivity index (χ1v) is 5.41. The highest BCUT2D eigenvalue weighted by atomic mass is 16.5. The Hall–Kier alpha value is -2.70. The molecule has 0 unspecified atom stereocenters. The predicted molar refractivity (Wildman–Crippen MR) is 67.3 cm³/mol. The highest BCUT2D eigenvalue weighted by Crippen LogP contribution is 2.17. The van der Waals surface area contributed by atoms with Crippen LogP contribution in [0.4, 0.5) is 5.95 Å². The Morgan fingerprint density at radius 2 is 1.89 bits per heavy atom. The maximum absolute atomic E-state index is 11.9. The van der Waals surface area contributed by atoms with Gasteiger partial charge in [0.15, 0.2) is 0 Å². The average molecular weight is 260 g/mol. The number of aromatic nitrogens is 3. The third-order valence-electron chi connectivity index (χ3n) is 2.25. The van der Waals surface area contributed by atoms with E-state index in [1.165, 1.54) is 26.5 Å². The van der Waals surface area contributed by atoms with Crippen LogP contribution < -0.4 is 14.8 Å². The molecule has 19 heavy (non-hydrogen) atoms. The molecule has 0 aliphatic heterocycles. The number of pyridine rings is 1. The Balaban J connectivity index is 2.21. The van der Waals surface area contributed by atoms with Crippen molar-refractivity contribution >= 4 is 11.9 Å². The van der Waals surface area contributed by atoms with E-state index in [1.807, 2.05) is 0 Å². The molecular formula is C12H12N4O3. The summed E-state index contributed by atoms with van der Waals surface area (Å²) in [6.07, 6.45) is 3.04. The highest BCUT2D eigenvalue weighted by Gasteiger charge is 2.10. The molecule has 2 rings (SSSR count). The van der Waals surface area contributed by atoms with Crippen LogP contribution >= 0.6 is 0 Å². The van der Waals surface area contributed by atoms with Gasteiger partial charge in [0.2, 0.25) is 17.7 Å². The number of ether oxygens (including phenoxy) is 2. The van der Waals surface area contributed by atoms with Gasteiger partial charge < -0.3 is 9.47 Å². The van der Waals surface area contributed by atoms with Crippen molar-refractivity contribution in [1.29, 1.82) is 0 Å². The quantitative estimate of drug-likeness (QED) is 0.887. The van der Waals surface area contributed by atoms with E-state index in [9.17, 15) is 4.79 Å². The van der Waals surface area contributed by atoms with Crippen molar-refractivity contribution in [2.75, 3.05) is 19.5 Å². The lowest BCUT2D eigenvalue weighted by atomic mass is 10.3. The van der Waals surface area contributed by atoms with E-state index in [0.29, 0.717) is 17.3 Å². The van der Waals surface area contributed by atoms with E-state index in [-0.39, 0.29) is 11.9 Å². The summed E-state index contributed by atoms with van der Waals surface area (Å²) in [6, 6.07) is 4.82. The van der Waals surface area contributed by atoms with Gasteiger partial charge in [-0.2, -0.15) is 9.97 Å². The van der Waals surface area contributed by atoms with Crippen molar-refractivity contribution in [3.8, 4) is 11.8 Å². The second kappa shape index (κ2) is 5.76. The molecule has 7 nitrogen and oxygen atoms in total.